The van der Waals surface area contributed by atoms with Crippen LogP contribution in [0.3, 0.4) is 0 Å². The summed E-state index contributed by atoms with van der Waals surface area (Å²) < 4.78 is 5.59. The molecule has 98 valence electrons. The molecule has 0 aliphatic carbocycles. The van der Waals surface area contributed by atoms with Crippen LogP contribution in [0.15, 0.2) is 36.5 Å². The molecule has 0 saturated carbocycles. The maximum absolute atomic E-state index is 11.2. The SMILES string of the molecule is Cc1ccc(-c2ccc(OC(C)C)cc2C=O)cn1. The van der Waals surface area contributed by atoms with Crippen molar-refractivity contribution in [2.75, 3.05) is 0 Å². The van der Waals surface area contributed by atoms with E-state index >= 15 is 0 Å². The summed E-state index contributed by atoms with van der Waals surface area (Å²) in [5.41, 5.74) is 3.38. The second-order valence-corrected chi connectivity index (χ2v) is 4.72. The Balaban J connectivity index is 2.40. The minimum Gasteiger partial charge on any atom is -0.491 e. The summed E-state index contributed by atoms with van der Waals surface area (Å²) in [6, 6.07) is 9.44. The van der Waals surface area contributed by atoms with Gasteiger partial charge in [-0.05, 0) is 50.6 Å². The molecule has 0 unspecified atom stereocenters. The van der Waals surface area contributed by atoms with Crippen molar-refractivity contribution in [2.24, 2.45) is 0 Å². The number of hydrogen-bond acceptors (Lipinski definition) is 3. The Kier molecular flexibility index (Phi) is 3.95. The van der Waals surface area contributed by atoms with Crippen molar-refractivity contribution >= 4 is 6.29 Å². The Bertz CT molecular complexity index is 574. The highest BCUT2D eigenvalue weighted by Crippen LogP contribution is 2.26. The maximum atomic E-state index is 11.2. The molecule has 0 aliphatic heterocycles. The number of benzene rings is 1. The number of pyridine rings is 1. The molecule has 0 fully saturated rings. The van der Waals surface area contributed by atoms with Gasteiger partial charge in [0.1, 0.15) is 5.75 Å². The van der Waals surface area contributed by atoms with Gasteiger partial charge in [-0.3, -0.25) is 9.78 Å². The van der Waals surface area contributed by atoms with Gasteiger partial charge in [0.05, 0.1) is 6.10 Å². The van der Waals surface area contributed by atoms with E-state index in [0.717, 1.165) is 23.1 Å². The van der Waals surface area contributed by atoms with E-state index in [4.69, 9.17) is 4.74 Å². The average Bonchev–Trinajstić information content (AvgIpc) is 2.39. The van der Waals surface area contributed by atoms with Crippen LogP contribution in [0.4, 0.5) is 0 Å². The van der Waals surface area contributed by atoms with Gasteiger partial charge in [-0.15, -0.1) is 0 Å². The highest BCUT2D eigenvalue weighted by atomic mass is 16.5. The first-order valence-corrected chi connectivity index (χ1v) is 6.29. The van der Waals surface area contributed by atoms with E-state index in [1.165, 1.54) is 0 Å². The fourth-order valence-corrected chi connectivity index (χ4v) is 1.87. The Morgan fingerprint density at radius 2 is 2.00 bits per heavy atom. The number of carbonyl (C=O) groups excluding carboxylic acids is 1. The molecule has 1 heterocycles. The topological polar surface area (TPSA) is 39.2 Å². The van der Waals surface area contributed by atoms with Crippen molar-refractivity contribution in [1.82, 2.24) is 4.98 Å². The number of aromatic nitrogens is 1. The van der Waals surface area contributed by atoms with Crippen molar-refractivity contribution in [3.8, 4) is 16.9 Å². The summed E-state index contributed by atoms with van der Waals surface area (Å²) in [6.07, 6.45) is 2.72. The molecule has 0 saturated heterocycles. The molecular formula is C16H17NO2. The first-order chi connectivity index (χ1) is 9.10. The predicted molar refractivity (Wildman–Crippen MR) is 75.6 cm³/mol. The summed E-state index contributed by atoms with van der Waals surface area (Å²) in [4.78, 5) is 15.5. The third-order valence-electron chi connectivity index (χ3n) is 2.74. The van der Waals surface area contributed by atoms with Crippen LogP contribution in [0.25, 0.3) is 11.1 Å². The van der Waals surface area contributed by atoms with Gasteiger partial charge in [0.25, 0.3) is 0 Å². The van der Waals surface area contributed by atoms with Gasteiger partial charge in [0, 0.05) is 23.0 Å². The van der Waals surface area contributed by atoms with Crippen LogP contribution in [-0.2, 0) is 0 Å². The van der Waals surface area contributed by atoms with Crippen LogP contribution in [0.1, 0.15) is 29.9 Å². The largest absolute Gasteiger partial charge is 0.491 e. The van der Waals surface area contributed by atoms with Gasteiger partial charge < -0.3 is 4.74 Å². The molecule has 0 spiro atoms. The Morgan fingerprint density at radius 1 is 1.21 bits per heavy atom. The lowest BCUT2D eigenvalue weighted by Gasteiger charge is -2.12. The van der Waals surface area contributed by atoms with Gasteiger partial charge in [0.15, 0.2) is 6.29 Å². The van der Waals surface area contributed by atoms with E-state index in [9.17, 15) is 4.79 Å². The van der Waals surface area contributed by atoms with Gasteiger partial charge in [-0.2, -0.15) is 0 Å². The minimum absolute atomic E-state index is 0.0893. The molecule has 1 aromatic carbocycles. The van der Waals surface area contributed by atoms with Gasteiger partial charge in [0.2, 0.25) is 0 Å². The van der Waals surface area contributed by atoms with E-state index in [1.807, 2.05) is 45.0 Å². The van der Waals surface area contributed by atoms with Crippen molar-refractivity contribution in [2.45, 2.75) is 26.9 Å². The lowest BCUT2D eigenvalue weighted by atomic mass is 10.0. The molecule has 0 amide bonds. The summed E-state index contributed by atoms with van der Waals surface area (Å²) >= 11 is 0. The highest BCUT2D eigenvalue weighted by Gasteiger charge is 2.07. The van der Waals surface area contributed by atoms with Gasteiger partial charge >= 0.3 is 0 Å². The second kappa shape index (κ2) is 5.65. The van der Waals surface area contributed by atoms with Gasteiger partial charge in [-0.1, -0.05) is 6.07 Å². The fourth-order valence-electron chi connectivity index (χ4n) is 1.87. The van der Waals surface area contributed by atoms with Crippen LogP contribution in [0.2, 0.25) is 0 Å². The van der Waals surface area contributed by atoms with Crippen molar-refractivity contribution < 1.29 is 9.53 Å². The summed E-state index contributed by atoms with van der Waals surface area (Å²) in [6.45, 7) is 5.85. The first-order valence-electron chi connectivity index (χ1n) is 6.29. The lowest BCUT2D eigenvalue weighted by Crippen LogP contribution is -2.05. The van der Waals surface area contributed by atoms with Crippen LogP contribution in [0.5, 0.6) is 5.75 Å². The minimum atomic E-state index is 0.0893. The first kappa shape index (κ1) is 13.3. The van der Waals surface area contributed by atoms with E-state index in [1.54, 1.807) is 12.3 Å². The van der Waals surface area contributed by atoms with Crippen LogP contribution in [-0.4, -0.2) is 17.4 Å². The molecule has 0 bridgehead atoms. The molecule has 0 radical (unpaired) electrons. The fraction of sp³-hybridized carbons (Fsp3) is 0.250. The molecule has 19 heavy (non-hydrogen) atoms. The Hall–Kier alpha value is -2.16. The highest BCUT2D eigenvalue weighted by molar-refractivity contribution is 5.88. The zero-order chi connectivity index (χ0) is 13.8. The Labute approximate surface area is 113 Å². The summed E-state index contributed by atoms with van der Waals surface area (Å²) in [5, 5.41) is 0. The smallest absolute Gasteiger partial charge is 0.150 e. The quantitative estimate of drug-likeness (QED) is 0.783. The molecule has 0 N–H and O–H groups in total. The van der Waals surface area contributed by atoms with Crippen LogP contribution in [0, 0.1) is 6.92 Å². The summed E-state index contributed by atoms with van der Waals surface area (Å²) in [7, 11) is 0. The normalized spacial score (nSPS) is 10.5. The molecule has 0 atom stereocenters. The zero-order valence-electron chi connectivity index (χ0n) is 11.4. The van der Waals surface area contributed by atoms with Crippen molar-refractivity contribution in [3.05, 3.63) is 47.8 Å². The van der Waals surface area contributed by atoms with Crippen molar-refractivity contribution in [1.29, 1.82) is 0 Å². The number of aldehydes is 1. The lowest BCUT2D eigenvalue weighted by molar-refractivity contribution is 0.112. The average molecular weight is 255 g/mol. The number of nitrogens with zero attached hydrogens (tertiary/aromatic N) is 1. The zero-order valence-corrected chi connectivity index (χ0v) is 11.4. The van der Waals surface area contributed by atoms with Crippen molar-refractivity contribution in [3.63, 3.8) is 0 Å². The molecule has 2 aromatic rings. The molecule has 0 aliphatic rings. The summed E-state index contributed by atoms with van der Waals surface area (Å²) in [5.74, 6) is 0.709. The molecule has 2 rings (SSSR count). The number of carbonyl (C=O) groups is 1. The standard InChI is InChI=1S/C16H17NO2/c1-11(2)19-15-6-7-16(14(8-15)10-18)13-5-4-12(3)17-9-13/h4-11H,1-3H3. The third-order valence-corrected chi connectivity index (χ3v) is 2.74. The molecule has 3 heteroatoms. The van der Waals surface area contributed by atoms with Crippen LogP contribution < -0.4 is 4.74 Å². The molecule has 3 nitrogen and oxygen atoms in total. The molecular weight excluding hydrogens is 238 g/mol. The number of hydrogen-bond donors (Lipinski definition) is 0. The van der Waals surface area contributed by atoms with E-state index in [0.29, 0.717) is 11.3 Å². The molecule has 1 aromatic heterocycles. The maximum Gasteiger partial charge on any atom is 0.150 e. The number of rotatable bonds is 4. The second-order valence-electron chi connectivity index (χ2n) is 4.72. The van der Waals surface area contributed by atoms with E-state index in [-0.39, 0.29) is 6.10 Å². The van der Waals surface area contributed by atoms with E-state index < -0.39 is 0 Å². The van der Waals surface area contributed by atoms with Gasteiger partial charge in [-0.25, -0.2) is 0 Å². The van der Waals surface area contributed by atoms with E-state index in [2.05, 4.69) is 4.98 Å². The monoisotopic (exact) mass is 255 g/mol. The Morgan fingerprint density at radius 3 is 2.58 bits per heavy atom. The predicted octanol–water partition coefficient (Wildman–Crippen LogP) is 3.66. The number of ether oxygens (including phenoxy) is 1. The van der Waals surface area contributed by atoms with Crippen LogP contribution >= 0.6 is 0 Å². The number of aryl methyl sites for hydroxylation is 1. The third kappa shape index (κ3) is 3.19.